The highest BCUT2D eigenvalue weighted by molar-refractivity contribution is 6.03. The fourth-order valence-corrected chi connectivity index (χ4v) is 6.05. The molecule has 1 aliphatic rings. The van der Waals surface area contributed by atoms with Gasteiger partial charge in [0.05, 0.1) is 5.54 Å². The van der Waals surface area contributed by atoms with Crippen molar-refractivity contribution >= 4 is 11.5 Å². The maximum absolute atomic E-state index is 14.3. The number of nitrogens with one attached hydrogen (secondary N) is 1. The standard InChI is InChI=1S/C35H55N3O/c1-5-7-8-9-10-11-12-13-14-15-26-37(4)35(6-2,29-31-18-16-30(3)17-19-31)34(39)32-20-22-33(23-21-32)38-27-24-36-25-28-38/h16-23,36H,5-15,24-29H2,1-4H3. The van der Waals surface area contributed by atoms with Crippen LogP contribution < -0.4 is 10.2 Å². The van der Waals surface area contributed by atoms with Gasteiger partial charge in [-0.1, -0.05) is 101 Å². The molecular weight excluding hydrogens is 478 g/mol. The van der Waals surface area contributed by atoms with Gasteiger partial charge >= 0.3 is 0 Å². The van der Waals surface area contributed by atoms with Crippen LogP contribution in [0.4, 0.5) is 5.69 Å². The summed E-state index contributed by atoms with van der Waals surface area (Å²) in [6, 6.07) is 17.2. The van der Waals surface area contributed by atoms with E-state index in [4.69, 9.17) is 0 Å². The molecule has 0 amide bonds. The second-order valence-corrected chi connectivity index (χ2v) is 11.8. The minimum atomic E-state index is -0.537. The largest absolute Gasteiger partial charge is 0.369 e. The first-order valence-electron chi connectivity index (χ1n) is 15.9. The van der Waals surface area contributed by atoms with Crippen LogP contribution in [0.5, 0.6) is 0 Å². The lowest BCUT2D eigenvalue weighted by atomic mass is 9.79. The Kier molecular flexibility index (Phi) is 13.5. The Balaban J connectivity index is 1.65. The first-order chi connectivity index (χ1) is 19.0. The van der Waals surface area contributed by atoms with E-state index in [1.807, 2.05) is 0 Å². The third-order valence-corrected chi connectivity index (χ3v) is 8.81. The molecule has 4 heteroatoms. The van der Waals surface area contributed by atoms with Crippen LogP contribution >= 0.6 is 0 Å². The van der Waals surface area contributed by atoms with Crippen molar-refractivity contribution in [3.8, 4) is 0 Å². The van der Waals surface area contributed by atoms with Crippen LogP contribution in [0.1, 0.15) is 106 Å². The SMILES string of the molecule is CCCCCCCCCCCCN(C)C(CC)(Cc1ccc(C)cc1)C(=O)c1ccc(N2CCNCC2)cc1. The van der Waals surface area contributed by atoms with Crippen molar-refractivity contribution in [3.05, 3.63) is 65.2 Å². The second-order valence-electron chi connectivity index (χ2n) is 11.8. The molecule has 1 unspecified atom stereocenters. The summed E-state index contributed by atoms with van der Waals surface area (Å²) in [7, 11) is 2.18. The molecule has 1 atom stereocenters. The Morgan fingerprint density at radius 1 is 0.821 bits per heavy atom. The smallest absolute Gasteiger partial charge is 0.183 e. The molecule has 1 N–H and O–H groups in total. The van der Waals surface area contributed by atoms with Gasteiger partial charge in [-0.2, -0.15) is 0 Å². The lowest BCUT2D eigenvalue weighted by molar-refractivity contribution is 0.0595. The molecule has 216 valence electrons. The molecular formula is C35H55N3O. The molecule has 1 fully saturated rings. The quantitative estimate of drug-likeness (QED) is 0.156. The van der Waals surface area contributed by atoms with Crippen molar-refractivity contribution in [2.24, 2.45) is 0 Å². The normalized spacial score (nSPS) is 15.5. The van der Waals surface area contributed by atoms with E-state index in [0.717, 1.165) is 57.5 Å². The van der Waals surface area contributed by atoms with Crippen molar-refractivity contribution in [1.82, 2.24) is 10.2 Å². The fraction of sp³-hybridized carbons (Fsp3) is 0.629. The third kappa shape index (κ3) is 9.46. The Labute approximate surface area is 239 Å². The maximum atomic E-state index is 14.3. The summed E-state index contributed by atoms with van der Waals surface area (Å²) >= 11 is 0. The van der Waals surface area contributed by atoms with Crippen molar-refractivity contribution in [2.45, 2.75) is 103 Å². The molecule has 0 bridgehead atoms. The van der Waals surface area contributed by atoms with Crippen LogP contribution in [0.2, 0.25) is 0 Å². The molecule has 2 aromatic carbocycles. The summed E-state index contributed by atoms with van der Waals surface area (Å²) in [4.78, 5) is 19.1. The third-order valence-electron chi connectivity index (χ3n) is 8.81. The van der Waals surface area contributed by atoms with Crippen molar-refractivity contribution < 1.29 is 4.79 Å². The summed E-state index contributed by atoms with van der Waals surface area (Å²) in [6.45, 7) is 11.6. The van der Waals surface area contributed by atoms with Crippen LogP contribution in [-0.2, 0) is 6.42 Å². The highest BCUT2D eigenvalue weighted by Gasteiger charge is 2.41. The molecule has 1 heterocycles. The van der Waals surface area contributed by atoms with Crippen molar-refractivity contribution in [1.29, 1.82) is 0 Å². The number of Topliss-reactive ketones (excluding diaryl/α,β-unsaturated/α-hetero) is 1. The fourth-order valence-electron chi connectivity index (χ4n) is 6.05. The number of carbonyl (C=O) groups is 1. The van der Waals surface area contributed by atoms with Gasteiger partial charge in [0.25, 0.3) is 0 Å². The van der Waals surface area contributed by atoms with Gasteiger partial charge in [-0.3, -0.25) is 9.69 Å². The van der Waals surface area contributed by atoms with E-state index in [0.29, 0.717) is 0 Å². The van der Waals surface area contributed by atoms with E-state index in [1.54, 1.807) is 0 Å². The zero-order valence-corrected chi connectivity index (χ0v) is 25.4. The molecule has 2 aromatic rings. The summed E-state index contributed by atoms with van der Waals surface area (Å²) in [5.41, 5.74) is 4.01. The number of hydrogen-bond donors (Lipinski definition) is 1. The molecule has 0 saturated carbocycles. The summed E-state index contributed by atoms with van der Waals surface area (Å²) in [5.74, 6) is 0.256. The minimum Gasteiger partial charge on any atom is -0.369 e. The van der Waals surface area contributed by atoms with E-state index < -0.39 is 5.54 Å². The number of benzene rings is 2. The average molecular weight is 534 g/mol. The van der Waals surface area contributed by atoms with Gasteiger partial charge in [0.2, 0.25) is 0 Å². The van der Waals surface area contributed by atoms with Crippen LogP contribution in [0.25, 0.3) is 0 Å². The van der Waals surface area contributed by atoms with Gasteiger partial charge in [0, 0.05) is 37.4 Å². The summed E-state index contributed by atoms with van der Waals surface area (Å²) in [6.07, 6.45) is 14.8. The Morgan fingerprint density at radius 3 is 1.95 bits per heavy atom. The molecule has 39 heavy (non-hydrogen) atoms. The number of nitrogens with zero attached hydrogens (tertiary/aromatic N) is 2. The summed E-state index contributed by atoms with van der Waals surface area (Å²) in [5, 5.41) is 3.42. The van der Waals surface area contributed by atoms with Gasteiger partial charge in [-0.25, -0.2) is 0 Å². The first kappa shape index (κ1) is 31.4. The lowest BCUT2D eigenvalue weighted by Crippen LogP contribution is -2.54. The number of likely N-dealkylation sites (N-methyl/N-ethyl adjacent to an activating group) is 1. The molecule has 1 aliphatic heterocycles. The number of aryl methyl sites for hydroxylation is 1. The van der Waals surface area contributed by atoms with E-state index in [9.17, 15) is 4.79 Å². The number of ketones is 1. The lowest BCUT2D eigenvalue weighted by Gasteiger charge is -2.41. The monoisotopic (exact) mass is 533 g/mol. The van der Waals surface area contributed by atoms with Gasteiger partial charge in [0.1, 0.15) is 0 Å². The molecule has 0 aromatic heterocycles. The van der Waals surface area contributed by atoms with E-state index in [1.165, 1.54) is 74.6 Å². The maximum Gasteiger partial charge on any atom is 0.183 e. The van der Waals surface area contributed by atoms with Crippen molar-refractivity contribution in [3.63, 3.8) is 0 Å². The van der Waals surface area contributed by atoms with Gasteiger partial charge in [-0.15, -0.1) is 0 Å². The zero-order valence-electron chi connectivity index (χ0n) is 25.4. The predicted octanol–water partition coefficient (Wildman–Crippen LogP) is 7.83. The highest BCUT2D eigenvalue weighted by Crippen LogP contribution is 2.30. The van der Waals surface area contributed by atoms with E-state index >= 15 is 0 Å². The molecule has 1 saturated heterocycles. The number of hydrogen-bond acceptors (Lipinski definition) is 4. The summed E-state index contributed by atoms with van der Waals surface area (Å²) < 4.78 is 0. The van der Waals surface area contributed by atoms with Crippen LogP contribution in [0, 0.1) is 6.92 Å². The molecule has 0 spiro atoms. The molecule has 4 nitrogen and oxygen atoms in total. The van der Waals surface area contributed by atoms with Gasteiger partial charge < -0.3 is 10.2 Å². The number of piperazine rings is 1. The second kappa shape index (κ2) is 16.8. The molecule has 0 radical (unpaired) electrons. The Bertz CT molecular complexity index is 949. The van der Waals surface area contributed by atoms with Crippen LogP contribution in [0.15, 0.2) is 48.5 Å². The van der Waals surface area contributed by atoms with E-state index in [2.05, 4.69) is 91.5 Å². The first-order valence-corrected chi connectivity index (χ1v) is 15.9. The van der Waals surface area contributed by atoms with Crippen LogP contribution in [0.3, 0.4) is 0 Å². The van der Waals surface area contributed by atoms with Gasteiger partial charge in [0.15, 0.2) is 5.78 Å². The number of carbonyl (C=O) groups excluding carboxylic acids is 1. The highest BCUT2D eigenvalue weighted by atomic mass is 16.1. The van der Waals surface area contributed by atoms with Crippen molar-refractivity contribution in [2.75, 3.05) is 44.7 Å². The predicted molar refractivity (Wildman–Crippen MR) is 168 cm³/mol. The van der Waals surface area contributed by atoms with Gasteiger partial charge in [-0.05, 0) is 69.6 Å². The average Bonchev–Trinajstić information content (AvgIpc) is 2.98. The Morgan fingerprint density at radius 2 is 1.38 bits per heavy atom. The van der Waals surface area contributed by atoms with E-state index in [-0.39, 0.29) is 5.78 Å². The number of unbranched alkanes of at least 4 members (excludes halogenated alkanes) is 9. The minimum absolute atomic E-state index is 0.256. The molecule has 3 rings (SSSR count). The van der Waals surface area contributed by atoms with Crippen LogP contribution in [-0.4, -0.2) is 56.0 Å². The molecule has 0 aliphatic carbocycles. The topological polar surface area (TPSA) is 35.6 Å². The number of anilines is 1. The zero-order chi connectivity index (χ0) is 27.9. The number of rotatable bonds is 18. The Hall–Kier alpha value is -2.17.